The van der Waals surface area contributed by atoms with Crippen LogP contribution in [0.25, 0.3) is 6.08 Å². The summed E-state index contributed by atoms with van der Waals surface area (Å²) in [6.45, 7) is 3.30. The Balaban J connectivity index is 1.90. The Morgan fingerprint density at radius 1 is 1.25 bits per heavy atom. The maximum Gasteiger partial charge on any atom is 0.331 e. The molecule has 1 N–H and O–H groups in total. The van der Waals surface area contributed by atoms with E-state index in [0.717, 1.165) is 21.9 Å². The average molecular weight is 351 g/mol. The van der Waals surface area contributed by atoms with Crippen LogP contribution in [-0.4, -0.2) is 18.0 Å². The number of aryl methyl sites for hydroxylation is 1. The van der Waals surface area contributed by atoms with Crippen LogP contribution in [0.4, 0.5) is 14.5 Å². The summed E-state index contributed by atoms with van der Waals surface area (Å²) in [5.74, 6) is -3.06. The highest BCUT2D eigenvalue weighted by Crippen LogP contribution is 2.17. The third-order valence-electron chi connectivity index (χ3n) is 3.00. The van der Waals surface area contributed by atoms with Gasteiger partial charge in [-0.3, -0.25) is 4.79 Å². The van der Waals surface area contributed by atoms with E-state index in [4.69, 9.17) is 4.74 Å². The number of halogens is 2. The number of ether oxygens (including phenoxy) is 1. The van der Waals surface area contributed by atoms with Gasteiger partial charge in [-0.25, -0.2) is 13.6 Å². The van der Waals surface area contributed by atoms with Crippen molar-refractivity contribution in [3.8, 4) is 0 Å². The van der Waals surface area contributed by atoms with E-state index in [-0.39, 0.29) is 5.69 Å². The van der Waals surface area contributed by atoms with Crippen molar-refractivity contribution in [2.75, 3.05) is 5.32 Å². The largest absolute Gasteiger partial charge is 0.449 e. The molecule has 2 aromatic rings. The zero-order valence-corrected chi connectivity index (χ0v) is 13.8. The van der Waals surface area contributed by atoms with Gasteiger partial charge in [0, 0.05) is 21.9 Å². The maximum absolute atomic E-state index is 13.5. The predicted octanol–water partition coefficient (Wildman–Crippen LogP) is 3.92. The van der Waals surface area contributed by atoms with Gasteiger partial charge in [-0.05, 0) is 44.2 Å². The van der Waals surface area contributed by atoms with Gasteiger partial charge in [0.25, 0.3) is 5.91 Å². The van der Waals surface area contributed by atoms with Crippen molar-refractivity contribution in [2.45, 2.75) is 20.0 Å². The fourth-order valence-corrected chi connectivity index (χ4v) is 2.57. The van der Waals surface area contributed by atoms with Crippen molar-refractivity contribution in [3.05, 3.63) is 57.8 Å². The van der Waals surface area contributed by atoms with Gasteiger partial charge in [-0.15, -0.1) is 11.3 Å². The normalized spacial score (nSPS) is 12.2. The SMILES string of the molecule is Cc1ccc(/C=C/C(=O)O[C@@H](C)C(=O)Nc2ccc(F)cc2F)s1. The van der Waals surface area contributed by atoms with E-state index in [0.29, 0.717) is 6.07 Å². The molecule has 1 amide bonds. The number of nitrogens with one attached hydrogen (secondary N) is 1. The zero-order valence-electron chi connectivity index (χ0n) is 13.0. The van der Waals surface area contributed by atoms with Gasteiger partial charge in [0.05, 0.1) is 5.69 Å². The predicted molar refractivity (Wildman–Crippen MR) is 88.6 cm³/mol. The lowest BCUT2D eigenvalue weighted by atomic mass is 10.2. The number of anilines is 1. The summed E-state index contributed by atoms with van der Waals surface area (Å²) < 4.78 is 31.2. The summed E-state index contributed by atoms with van der Waals surface area (Å²) in [4.78, 5) is 25.6. The highest BCUT2D eigenvalue weighted by atomic mass is 32.1. The van der Waals surface area contributed by atoms with Crippen LogP contribution in [0.5, 0.6) is 0 Å². The van der Waals surface area contributed by atoms with E-state index < -0.39 is 29.6 Å². The standard InChI is InChI=1S/C17H15F2NO3S/c1-10-3-5-13(24-10)6-8-16(21)23-11(2)17(22)20-15-7-4-12(18)9-14(15)19/h3-9,11H,1-2H3,(H,20,22)/b8-6+/t11-/m0/s1. The van der Waals surface area contributed by atoms with Gasteiger partial charge in [0.15, 0.2) is 6.10 Å². The van der Waals surface area contributed by atoms with Crippen LogP contribution in [0.2, 0.25) is 0 Å². The molecule has 0 aliphatic heterocycles. The molecule has 126 valence electrons. The molecule has 0 aliphatic carbocycles. The van der Waals surface area contributed by atoms with E-state index >= 15 is 0 Å². The molecule has 0 fully saturated rings. The second kappa shape index (κ2) is 7.83. The fraction of sp³-hybridized carbons (Fsp3) is 0.176. The van der Waals surface area contributed by atoms with E-state index in [2.05, 4.69) is 5.32 Å². The number of esters is 1. The van der Waals surface area contributed by atoms with Crippen molar-refractivity contribution in [1.82, 2.24) is 0 Å². The molecule has 1 atom stereocenters. The van der Waals surface area contributed by atoms with Crippen LogP contribution in [0.1, 0.15) is 16.7 Å². The minimum absolute atomic E-state index is 0.186. The lowest BCUT2D eigenvalue weighted by Crippen LogP contribution is -2.29. The molecule has 1 aromatic carbocycles. The lowest BCUT2D eigenvalue weighted by molar-refractivity contribution is -0.148. The fourth-order valence-electron chi connectivity index (χ4n) is 1.79. The quantitative estimate of drug-likeness (QED) is 0.656. The molecule has 0 spiro atoms. The summed E-state index contributed by atoms with van der Waals surface area (Å²) in [6.07, 6.45) is 1.68. The Bertz CT molecular complexity index is 786. The first-order chi connectivity index (χ1) is 11.3. The average Bonchev–Trinajstić information content (AvgIpc) is 2.93. The van der Waals surface area contributed by atoms with Crippen LogP contribution < -0.4 is 5.32 Å². The third kappa shape index (κ3) is 4.99. The van der Waals surface area contributed by atoms with Crippen molar-refractivity contribution in [1.29, 1.82) is 0 Å². The molecule has 7 heteroatoms. The van der Waals surface area contributed by atoms with Crippen molar-refractivity contribution in [3.63, 3.8) is 0 Å². The van der Waals surface area contributed by atoms with Crippen LogP contribution in [0, 0.1) is 18.6 Å². The molecule has 1 aromatic heterocycles. The number of hydrogen-bond acceptors (Lipinski definition) is 4. The van der Waals surface area contributed by atoms with Crippen LogP contribution in [0.3, 0.4) is 0 Å². The number of carbonyl (C=O) groups is 2. The van der Waals surface area contributed by atoms with E-state index in [1.807, 2.05) is 19.1 Å². The third-order valence-corrected chi connectivity index (χ3v) is 3.96. The zero-order chi connectivity index (χ0) is 17.7. The number of rotatable bonds is 5. The molecule has 2 rings (SSSR count). The Morgan fingerprint density at radius 3 is 2.62 bits per heavy atom. The number of thiophene rings is 1. The summed E-state index contributed by atoms with van der Waals surface area (Å²) in [5, 5.41) is 2.24. The minimum Gasteiger partial charge on any atom is -0.449 e. The summed E-state index contributed by atoms with van der Waals surface area (Å²) in [6, 6.07) is 6.54. The molecule has 4 nitrogen and oxygen atoms in total. The van der Waals surface area contributed by atoms with Crippen LogP contribution in [0.15, 0.2) is 36.4 Å². The van der Waals surface area contributed by atoms with Gasteiger partial charge in [0.2, 0.25) is 0 Å². The first kappa shape index (κ1) is 17.8. The van der Waals surface area contributed by atoms with Crippen LogP contribution in [-0.2, 0) is 14.3 Å². The monoisotopic (exact) mass is 351 g/mol. The topological polar surface area (TPSA) is 55.4 Å². The first-order valence-electron chi connectivity index (χ1n) is 7.06. The molecule has 1 heterocycles. The molecule has 24 heavy (non-hydrogen) atoms. The molecular formula is C17H15F2NO3S. The molecule has 0 radical (unpaired) electrons. The Kier molecular flexibility index (Phi) is 5.81. The van der Waals surface area contributed by atoms with Crippen LogP contribution >= 0.6 is 11.3 Å². The minimum atomic E-state index is -1.13. The number of carbonyl (C=O) groups excluding carboxylic acids is 2. The number of hydrogen-bond donors (Lipinski definition) is 1. The van der Waals surface area contributed by atoms with Gasteiger partial charge in [-0.1, -0.05) is 0 Å². The van der Waals surface area contributed by atoms with Gasteiger partial charge >= 0.3 is 5.97 Å². The number of benzene rings is 1. The molecule has 0 saturated heterocycles. The molecule has 0 saturated carbocycles. The Labute approximate surface area is 141 Å². The van der Waals surface area contributed by atoms with E-state index in [1.165, 1.54) is 24.3 Å². The molecule has 0 aliphatic rings. The lowest BCUT2D eigenvalue weighted by Gasteiger charge is -2.12. The Hall–Kier alpha value is -2.54. The highest BCUT2D eigenvalue weighted by molar-refractivity contribution is 7.12. The maximum atomic E-state index is 13.5. The van der Waals surface area contributed by atoms with Crippen molar-refractivity contribution < 1.29 is 23.1 Å². The van der Waals surface area contributed by atoms with Gasteiger partial charge in [0.1, 0.15) is 11.6 Å². The molecule has 0 bridgehead atoms. The molecule has 0 unspecified atom stereocenters. The highest BCUT2D eigenvalue weighted by Gasteiger charge is 2.18. The second-order valence-corrected chi connectivity index (χ2v) is 6.29. The smallest absolute Gasteiger partial charge is 0.331 e. The Morgan fingerprint density at radius 2 is 2.00 bits per heavy atom. The summed E-state index contributed by atoms with van der Waals surface area (Å²) >= 11 is 1.51. The van der Waals surface area contributed by atoms with E-state index in [1.54, 1.807) is 6.08 Å². The van der Waals surface area contributed by atoms with E-state index in [9.17, 15) is 18.4 Å². The van der Waals surface area contributed by atoms with Gasteiger partial charge in [-0.2, -0.15) is 0 Å². The van der Waals surface area contributed by atoms with Gasteiger partial charge < -0.3 is 10.1 Å². The summed E-state index contributed by atoms with van der Waals surface area (Å²) in [7, 11) is 0. The molecular weight excluding hydrogens is 336 g/mol. The second-order valence-electron chi connectivity index (χ2n) is 4.97. The number of amides is 1. The van der Waals surface area contributed by atoms with Crippen molar-refractivity contribution >= 4 is 35.0 Å². The summed E-state index contributed by atoms with van der Waals surface area (Å²) in [5.41, 5.74) is -0.186. The first-order valence-corrected chi connectivity index (χ1v) is 7.88. The van der Waals surface area contributed by atoms with Crippen molar-refractivity contribution in [2.24, 2.45) is 0 Å².